The summed E-state index contributed by atoms with van der Waals surface area (Å²) in [5.74, 6) is 0.538. The van der Waals surface area contributed by atoms with E-state index in [-0.39, 0.29) is 5.75 Å². The average Bonchev–Trinajstić information content (AvgIpc) is 2.39. The summed E-state index contributed by atoms with van der Waals surface area (Å²) in [7, 11) is 1.52. The maximum atomic E-state index is 9.89. The number of methoxy groups -OCH3 is 1. The van der Waals surface area contributed by atoms with Gasteiger partial charge in [0.2, 0.25) is 0 Å². The van der Waals surface area contributed by atoms with Gasteiger partial charge in [-0.05, 0) is 36.4 Å². The van der Waals surface area contributed by atoms with Gasteiger partial charge in [-0.3, -0.25) is 4.99 Å². The van der Waals surface area contributed by atoms with Crippen molar-refractivity contribution in [2.45, 2.75) is 0 Å². The number of ether oxygens (including phenoxy) is 1. The van der Waals surface area contributed by atoms with Crippen LogP contribution < -0.4 is 4.74 Å². The van der Waals surface area contributed by atoms with Gasteiger partial charge >= 0.3 is 0 Å². The first-order chi connectivity index (χ1) is 8.70. The molecule has 0 aliphatic rings. The fraction of sp³-hybridized carbons (Fsp3) is 0.0714. The van der Waals surface area contributed by atoms with E-state index in [1.165, 1.54) is 7.11 Å². The molecule has 4 heteroatoms. The number of benzene rings is 2. The molecule has 0 aromatic heterocycles. The molecule has 0 spiro atoms. The lowest BCUT2D eigenvalue weighted by molar-refractivity contribution is 0.373. The van der Waals surface area contributed by atoms with Gasteiger partial charge in [0.1, 0.15) is 0 Å². The van der Waals surface area contributed by atoms with Crippen LogP contribution in [0.4, 0.5) is 5.69 Å². The van der Waals surface area contributed by atoms with Crippen molar-refractivity contribution in [1.82, 2.24) is 0 Å². The zero-order chi connectivity index (χ0) is 13.0. The fourth-order valence-corrected chi connectivity index (χ4v) is 1.74. The fourth-order valence-electron chi connectivity index (χ4n) is 1.48. The number of hydrogen-bond acceptors (Lipinski definition) is 3. The molecule has 0 atom stereocenters. The van der Waals surface area contributed by atoms with Crippen LogP contribution in [0, 0.1) is 0 Å². The van der Waals surface area contributed by atoms with Gasteiger partial charge in [0.05, 0.1) is 12.8 Å². The number of para-hydroxylation sites is 1. The van der Waals surface area contributed by atoms with Crippen molar-refractivity contribution < 1.29 is 9.84 Å². The molecule has 0 aliphatic carbocycles. The molecule has 0 fully saturated rings. The minimum atomic E-state index is 0.0980. The van der Waals surface area contributed by atoms with E-state index in [4.69, 9.17) is 4.74 Å². The number of aromatic hydroxyl groups is 1. The zero-order valence-electron chi connectivity index (χ0n) is 9.80. The van der Waals surface area contributed by atoms with E-state index in [0.717, 1.165) is 10.2 Å². The third-order valence-corrected chi connectivity index (χ3v) is 2.96. The molecule has 0 amide bonds. The van der Waals surface area contributed by atoms with Gasteiger partial charge in [-0.2, -0.15) is 0 Å². The summed E-state index contributed by atoms with van der Waals surface area (Å²) in [5.41, 5.74) is 1.44. The third kappa shape index (κ3) is 2.90. The van der Waals surface area contributed by atoms with Crippen LogP contribution >= 0.6 is 15.9 Å². The van der Waals surface area contributed by atoms with Gasteiger partial charge in [-0.1, -0.05) is 22.0 Å². The van der Waals surface area contributed by atoms with Gasteiger partial charge in [0, 0.05) is 16.3 Å². The Bertz CT molecular complexity index is 565. The maximum absolute atomic E-state index is 9.89. The number of rotatable bonds is 3. The van der Waals surface area contributed by atoms with Crippen molar-refractivity contribution in [3.05, 3.63) is 52.5 Å². The molecule has 0 saturated heterocycles. The second-order valence-corrected chi connectivity index (χ2v) is 4.55. The summed E-state index contributed by atoms with van der Waals surface area (Å²) in [6.45, 7) is 0. The van der Waals surface area contributed by atoms with Gasteiger partial charge in [0.15, 0.2) is 11.5 Å². The molecular weight excluding hydrogens is 294 g/mol. The molecular formula is C14H12BrNO2. The monoisotopic (exact) mass is 305 g/mol. The minimum Gasteiger partial charge on any atom is -0.504 e. The largest absolute Gasteiger partial charge is 0.504 e. The summed E-state index contributed by atoms with van der Waals surface area (Å²) in [4.78, 5) is 4.29. The van der Waals surface area contributed by atoms with Gasteiger partial charge in [-0.15, -0.1) is 0 Å². The lowest BCUT2D eigenvalue weighted by atomic mass is 10.2. The number of phenolic OH excluding ortho intramolecular Hbond substituents is 1. The molecule has 2 rings (SSSR count). The second kappa shape index (κ2) is 5.69. The highest BCUT2D eigenvalue weighted by molar-refractivity contribution is 9.10. The van der Waals surface area contributed by atoms with Crippen molar-refractivity contribution in [3.63, 3.8) is 0 Å². The number of phenols is 1. The molecule has 0 radical (unpaired) electrons. The van der Waals surface area contributed by atoms with Crippen LogP contribution in [-0.4, -0.2) is 18.4 Å². The predicted octanol–water partition coefficient (Wildman–Crippen LogP) is 3.91. The minimum absolute atomic E-state index is 0.0980. The van der Waals surface area contributed by atoms with Crippen molar-refractivity contribution in [3.8, 4) is 11.5 Å². The predicted molar refractivity (Wildman–Crippen MR) is 76.1 cm³/mol. The summed E-state index contributed by atoms with van der Waals surface area (Å²) in [6, 6.07) is 12.9. The molecule has 0 saturated carbocycles. The molecule has 2 aromatic carbocycles. The molecule has 3 nitrogen and oxygen atoms in total. The Labute approximate surface area is 114 Å². The number of halogens is 1. The maximum Gasteiger partial charge on any atom is 0.166 e. The van der Waals surface area contributed by atoms with E-state index >= 15 is 0 Å². The van der Waals surface area contributed by atoms with Crippen molar-refractivity contribution in [2.24, 2.45) is 4.99 Å². The Morgan fingerprint density at radius 1 is 1.17 bits per heavy atom. The Morgan fingerprint density at radius 3 is 2.56 bits per heavy atom. The summed E-state index contributed by atoms with van der Waals surface area (Å²) in [6.07, 6.45) is 1.61. The lowest BCUT2D eigenvalue weighted by Gasteiger charge is -2.04. The molecule has 18 heavy (non-hydrogen) atoms. The van der Waals surface area contributed by atoms with E-state index in [1.54, 1.807) is 18.3 Å². The third-order valence-electron chi connectivity index (χ3n) is 2.43. The normalized spacial score (nSPS) is 10.8. The van der Waals surface area contributed by atoms with E-state index in [0.29, 0.717) is 11.3 Å². The lowest BCUT2D eigenvalue weighted by Crippen LogP contribution is -1.88. The van der Waals surface area contributed by atoms with Crippen LogP contribution in [0.2, 0.25) is 0 Å². The Morgan fingerprint density at radius 2 is 1.89 bits per heavy atom. The average molecular weight is 306 g/mol. The SMILES string of the molecule is COc1cccc(C=Nc2ccc(Br)cc2)c1O. The number of hydrogen-bond donors (Lipinski definition) is 1. The van der Waals surface area contributed by atoms with Crippen LogP contribution in [-0.2, 0) is 0 Å². The Hall–Kier alpha value is -1.81. The molecule has 0 unspecified atom stereocenters. The standard InChI is InChI=1S/C14H12BrNO2/c1-18-13-4-2-3-10(14(13)17)9-16-12-7-5-11(15)6-8-12/h2-9,17H,1H3. The smallest absolute Gasteiger partial charge is 0.166 e. The summed E-state index contributed by atoms with van der Waals surface area (Å²) >= 11 is 3.36. The van der Waals surface area contributed by atoms with E-state index in [2.05, 4.69) is 20.9 Å². The first-order valence-electron chi connectivity index (χ1n) is 5.36. The molecule has 92 valence electrons. The van der Waals surface area contributed by atoms with E-state index in [1.807, 2.05) is 30.3 Å². The van der Waals surface area contributed by atoms with Crippen molar-refractivity contribution >= 4 is 27.8 Å². The van der Waals surface area contributed by atoms with Crippen LogP contribution in [0.5, 0.6) is 11.5 Å². The molecule has 0 bridgehead atoms. The van der Waals surface area contributed by atoms with Crippen LogP contribution in [0.3, 0.4) is 0 Å². The highest BCUT2D eigenvalue weighted by Gasteiger charge is 2.04. The Kier molecular flexibility index (Phi) is 3.99. The molecule has 0 heterocycles. The molecule has 2 aromatic rings. The Balaban J connectivity index is 2.26. The summed E-state index contributed by atoms with van der Waals surface area (Å²) < 4.78 is 6.04. The quantitative estimate of drug-likeness (QED) is 0.873. The van der Waals surface area contributed by atoms with Crippen LogP contribution in [0.15, 0.2) is 51.9 Å². The highest BCUT2D eigenvalue weighted by Crippen LogP contribution is 2.28. The van der Waals surface area contributed by atoms with E-state index in [9.17, 15) is 5.11 Å². The van der Waals surface area contributed by atoms with Gasteiger partial charge in [0.25, 0.3) is 0 Å². The van der Waals surface area contributed by atoms with Gasteiger partial charge < -0.3 is 9.84 Å². The van der Waals surface area contributed by atoms with Crippen molar-refractivity contribution in [2.75, 3.05) is 7.11 Å². The first-order valence-corrected chi connectivity index (χ1v) is 6.15. The summed E-state index contributed by atoms with van der Waals surface area (Å²) in [5, 5.41) is 9.89. The van der Waals surface area contributed by atoms with Gasteiger partial charge in [-0.25, -0.2) is 0 Å². The second-order valence-electron chi connectivity index (χ2n) is 3.63. The topological polar surface area (TPSA) is 41.8 Å². The number of nitrogens with zero attached hydrogens (tertiary/aromatic N) is 1. The molecule has 0 aliphatic heterocycles. The van der Waals surface area contributed by atoms with Crippen LogP contribution in [0.1, 0.15) is 5.56 Å². The van der Waals surface area contributed by atoms with Crippen molar-refractivity contribution in [1.29, 1.82) is 0 Å². The zero-order valence-corrected chi connectivity index (χ0v) is 11.4. The highest BCUT2D eigenvalue weighted by atomic mass is 79.9. The van der Waals surface area contributed by atoms with Crippen LogP contribution in [0.25, 0.3) is 0 Å². The number of aliphatic imine (C=N–C) groups is 1. The first kappa shape index (κ1) is 12.6. The molecule has 1 N–H and O–H groups in total. The van der Waals surface area contributed by atoms with E-state index < -0.39 is 0 Å².